The Hall–Kier alpha value is -1.84. The Morgan fingerprint density at radius 1 is 0.955 bits per heavy atom. The summed E-state index contributed by atoms with van der Waals surface area (Å²) >= 11 is 0. The molecule has 1 aliphatic carbocycles. The van der Waals surface area contributed by atoms with E-state index in [4.69, 9.17) is 9.47 Å². The van der Waals surface area contributed by atoms with Crippen LogP contribution in [0, 0.1) is 0 Å². The van der Waals surface area contributed by atoms with E-state index in [1.54, 1.807) is 12.2 Å². The predicted octanol–water partition coefficient (Wildman–Crippen LogP) is 3.88. The molecule has 1 rings (SSSR count). The van der Waals surface area contributed by atoms with Crippen LogP contribution in [0.2, 0.25) is 0 Å². The summed E-state index contributed by atoms with van der Waals surface area (Å²) in [6.45, 7) is 6.76. The molecule has 0 spiro atoms. The highest BCUT2D eigenvalue weighted by molar-refractivity contribution is 6.07. The van der Waals surface area contributed by atoms with Crippen molar-refractivity contribution in [1.82, 2.24) is 0 Å². The van der Waals surface area contributed by atoms with Crippen molar-refractivity contribution in [3.63, 3.8) is 0 Å². The van der Waals surface area contributed by atoms with Crippen LogP contribution in [0.4, 0.5) is 0 Å². The van der Waals surface area contributed by atoms with E-state index in [1.165, 1.54) is 0 Å². The standard InChI is InChI=1S/C18H26O4/c1-4-6-12-21-17(19)15-10-8-14(3)9-11-16(15)18(20)22-13-7-5-2/h8,10-11H,4-7,9,12-13H2,1-3H3. The highest BCUT2D eigenvalue weighted by Crippen LogP contribution is 2.21. The van der Waals surface area contributed by atoms with Crippen molar-refractivity contribution in [3.8, 4) is 0 Å². The second kappa shape index (κ2) is 9.98. The number of unbranched alkanes of at least 4 members (excludes halogenated alkanes) is 2. The lowest BCUT2D eigenvalue weighted by Crippen LogP contribution is -2.17. The molecule has 0 bridgehead atoms. The predicted molar refractivity (Wildman–Crippen MR) is 86.3 cm³/mol. The fourth-order valence-electron chi connectivity index (χ4n) is 1.90. The first kappa shape index (κ1) is 18.2. The SMILES string of the molecule is CCCCOC(=O)C1=CC=C(C)CC=C1C(=O)OCCCC. The molecule has 0 saturated carbocycles. The van der Waals surface area contributed by atoms with Crippen molar-refractivity contribution in [1.29, 1.82) is 0 Å². The van der Waals surface area contributed by atoms with E-state index in [1.807, 2.05) is 26.8 Å². The second-order valence-electron chi connectivity index (χ2n) is 5.39. The van der Waals surface area contributed by atoms with Crippen LogP contribution in [0.5, 0.6) is 0 Å². The fourth-order valence-corrected chi connectivity index (χ4v) is 1.90. The van der Waals surface area contributed by atoms with Gasteiger partial charge in [0.15, 0.2) is 0 Å². The topological polar surface area (TPSA) is 52.6 Å². The van der Waals surface area contributed by atoms with Crippen molar-refractivity contribution < 1.29 is 19.1 Å². The van der Waals surface area contributed by atoms with Crippen molar-refractivity contribution >= 4 is 11.9 Å². The van der Waals surface area contributed by atoms with Crippen LogP contribution in [0.25, 0.3) is 0 Å². The number of rotatable bonds is 8. The molecule has 0 fully saturated rings. The lowest BCUT2D eigenvalue weighted by Gasteiger charge is -2.11. The molecule has 0 aliphatic heterocycles. The summed E-state index contributed by atoms with van der Waals surface area (Å²) in [4.78, 5) is 24.4. The first-order valence-corrected chi connectivity index (χ1v) is 8.02. The summed E-state index contributed by atoms with van der Waals surface area (Å²) in [7, 11) is 0. The maximum atomic E-state index is 12.2. The first-order chi connectivity index (χ1) is 10.6. The summed E-state index contributed by atoms with van der Waals surface area (Å²) in [6.07, 6.45) is 9.41. The maximum Gasteiger partial charge on any atom is 0.338 e. The molecular weight excluding hydrogens is 280 g/mol. The van der Waals surface area contributed by atoms with Crippen LogP contribution in [0.15, 0.2) is 34.9 Å². The molecule has 0 heterocycles. The van der Waals surface area contributed by atoms with E-state index < -0.39 is 11.9 Å². The smallest absolute Gasteiger partial charge is 0.338 e. The molecule has 0 amide bonds. The van der Waals surface area contributed by atoms with E-state index in [0.29, 0.717) is 25.2 Å². The molecule has 0 atom stereocenters. The Bertz CT molecular complexity index is 483. The zero-order valence-corrected chi connectivity index (χ0v) is 13.8. The molecule has 0 aromatic rings. The molecule has 1 aliphatic rings. The van der Waals surface area contributed by atoms with Gasteiger partial charge in [-0.2, -0.15) is 0 Å². The lowest BCUT2D eigenvalue weighted by atomic mass is 10.1. The highest BCUT2D eigenvalue weighted by Gasteiger charge is 2.23. The van der Waals surface area contributed by atoms with Crippen molar-refractivity contribution in [2.24, 2.45) is 0 Å². The van der Waals surface area contributed by atoms with Crippen LogP contribution in [0.3, 0.4) is 0 Å². The monoisotopic (exact) mass is 306 g/mol. The molecule has 0 radical (unpaired) electrons. The summed E-state index contributed by atoms with van der Waals surface area (Å²) in [5.41, 5.74) is 1.68. The number of esters is 2. The lowest BCUT2D eigenvalue weighted by molar-refractivity contribution is -0.142. The molecule has 4 heteroatoms. The second-order valence-corrected chi connectivity index (χ2v) is 5.39. The van der Waals surface area contributed by atoms with Gasteiger partial charge in [0.1, 0.15) is 0 Å². The third-order valence-corrected chi connectivity index (χ3v) is 3.35. The van der Waals surface area contributed by atoms with Gasteiger partial charge in [0.05, 0.1) is 24.4 Å². The summed E-state index contributed by atoms with van der Waals surface area (Å²) in [5.74, 6) is -0.909. The van der Waals surface area contributed by atoms with Crippen LogP contribution < -0.4 is 0 Å². The van der Waals surface area contributed by atoms with E-state index in [2.05, 4.69) is 0 Å². The van der Waals surface area contributed by atoms with E-state index in [0.717, 1.165) is 31.3 Å². The molecule has 0 aromatic heterocycles. The number of hydrogen-bond acceptors (Lipinski definition) is 4. The Morgan fingerprint density at radius 2 is 1.50 bits per heavy atom. The quantitative estimate of drug-likeness (QED) is 0.504. The largest absolute Gasteiger partial charge is 0.462 e. The molecule has 122 valence electrons. The maximum absolute atomic E-state index is 12.2. The third-order valence-electron chi connectivity index (χ3n) is 3.35. The van der Waals surface area contributed by atoms with E-state index in [9.17, 15) is 9.59 Å². The number of carbonyl (C=O) groups is 2. The zero-order valence-electron chi connectivity index (χ0n) is 13.8. The van der Waals surface area contributed by atoms with E-state index >= 15 is 0 Å². The summed E-state index contributed by atoms with van der Waals surface area (Å²) in [5, 5.41) is 0. The van der Waals surface area contributed by atoms with Gasteiger partial charge in [0.2, 0.25) is 0 Å². The minimum Gasteiger partial charge on any atom is -0.462 e. The van der Waals surface area contributed by atoms with Gasteiger partial charge in [0.25, 0.3) is 0 Å². The van der Waals surface area contributed by atoms with Gasteiger partial charge in [-0.05, 0) is 32.3 Å². The molecule has 0 N–H and O–H groups in total. The van der Waals surface area contributed by atoms with Crippen molar-refractivity contribution in [3.05, 3.63) is 34.9 Å². The molecular formula is C18H26O4. The highest BCUT2D eigenvalue weighted by atomic mass is 16.5. The first-order valence-electron chi connectivity index (χ1n) is 8.02. The van der Waals surface area contributed by atoms with Crippen molar-refractivity contribution in [2.75, 3.05) is 13.2 Å². The van der Waals surface area contributed by atoms with Gasteiger partial charge in [-0.25, -0.2) is 9.59 Å². The van der Waals surface area contributed by atoms with Gasteiger partial charge in [0, 0.05) is 0 Å². The van der Waals surface area contributed by atoms with Gasteiger partial charge in [-0.1, -0.05) is 44.4 Å². The van der Waals surface area contributed by atoms with Crippen molar-refractivity contribution in [2.45, 2.75) is 52.9 Å². The molecule has 0 unspecified atom stereocenters. The minimum absolute atomic E-state index is 0.287. The third kappa shape index (κ3) is 5.88. The van der Waals surface area contributed by atoms with Gasteiger partial charge >= 0.3 is 11.9 Å². The molecule has 22 heavy (non-hydrogen) atoms. The van der Waals surface area contributed by atoms with Crippen LogP contribution in [-0.2, 0) is 19.1 Å². The number of hydrogen-bond donors (Lipinski definition) is 0. The Balaban J connectivity index is 2.82. The number of ether oxygens (including phenoxy) is 2. The van der Waals surface area contributed by atoms with Crippen LogP contribution in [0.1, 0.15) is 52.9 Å². The average Bonchev–Trinajstić information content (AvgIpc) is 2.69. The van der Waals surface area contributed by atoms with Gasteiger partial charge in [-0.15, -0.1) is 0 Å². The summed E-state index contributed by atoms with van der Waals surface area (Å²) < 4.78 is 10.5. The average molecular weight is 306 g/mol. The van der Waals surface area contributed by atoms with Crippen LogP contribution in [-0.4, -0.2) is 25.2 Å². The molecule has 0 aromatic carbocycles. The van der Waals surface area contributed by atoms with Gasteiger partial charge < -0.3 is 9.47 Å². The Kier molecular flexibility index (Phi) is 8.26. The fraction of sp³-hybridized carbons (Fsp3) is 0.556. The molecule has 4 nitrogen and oxygen atoms in total. The zero-order chi connectivity index (χ0) is 16.4. The van der Waals surface area contributed by atoms with Gasteiger partial charge in [-0.3, -0.25) is 0 Å². The Labute approximate surface area is 132 Å². The minimum atomic E-state index is -0.460. The Morgan fingerprint density at radius 3 is 2.05 bits per heavy atom. The number of carbonyl (C=O) groups excluding carboxylic acids is 2. The van der Waals surface area contributed by atoms with E-state index in [-0.39, 0.29) is 5.57 Å². The number of allylic oxidation sites excluding steroid dienone is 4. The summed E-state index contributed by atoms with van der Waals surface area (Å²) in [6, 6.07) is 0. The van der Waals surface area contributed by atoms with Crippen LogP contribution >= 0.6 is 0 Å². The molecule has 0 saturated heterocycles. The normalized spacial score (nSPS) is 14.4.